The van der Waals surface area contributed by atoms with E-state index in [2.05, 4.69) is 10.3 Å². The van der Waals surface area contributed by atoms with Gasteiger partial charge in [-0.2, -0.15) is 4.98 Å². The molecular weight excluding hydrogens is 312 g/mol. The number of anilines is 2. The second-order valence-electron chi connectivity index (χ2n) is 6.13. The van der Waals surface area contributed by atoms with Gasteiger partial charge in [0.15, 0.2) is 5.58 Å². The zero-order valence-electron chi connectivity index (χ0n) is 13.7. The molecule has 24 heavy (non-hydrogen) atoms. The minimum Gasteiger partial charge on any atom is -0.481 e. The van der Waals surface area contributed by atoms with Crippen molar-refractivity contribution in [2.75, 3.05) is 37.4 Å². The SMILES string of the molecule is CN(C)c1nc2cc(NC(=O)N3CCCC(C(=O)O)C3)ccc2o1. The highest BCUT2D eigenvalue weighted by molar-refractivity contribution is 5.92. The number of oxazole rings is 1. The molecule has 0 aliphatic carbocycles. The molecule has 1 aromatic heterocycles. The minimum atomic E-state index is -0.854. The Kier molecular flexibility index (Phi) is 4.28. The van der Waals surface area contributed by atoms with E-state index in [0.717, 1.165) is 0 Å². The molecule has 1 aliphatic heterocycles. The van der Waals surface area contributed by atoms with E-state index in [-0.39, 0.29) is 12.6 Å². The Morgan fingerprint density at radius 3 is 2.92 bits per heavy atom. The lowest BCUT2D eigenvalue weighted by molar-refractivity contribution is -0.143. The monoisotopic (exact) mass is 332 g/mol. The first kappa shape index (κ1) is 16.1. The van der Waals surface area contributed by atoms with E-state index in [1.165, 1.54) is 0 Å². The number of nitrogens with one attached hydrogen (secondary N) is 1. The van der Waals surface area contributed by atoms with Crippen LogP contribution in [-0.2, 0) is 4.79 Å². The summed E-state index contributed by atoms with van der Waals surface area (Å²) in [6.07, 6.45) is 1.30. The number of nitrogens with zero attached hydrogens (tertiary/aromatic N) is 3. The van der Waals surface area contributed by atoms with Crippen molar-refractivity contribution in [1.82, 2.24) is 9.88 Å². The van der Waals surface area contributed by atoms with Crippen LogP contribution in [-0.4, -0.2) is 54.2 Å². The molecule has 128 valence electrons. The fourth-order valence-electron chi connectivity index (χ4n) is 2.75. The Balaban J connectivity index is 1.72. The number of hydrogen-bond donors (Lipinski definition) is 2. The first-order valence-electron chi connectivity index (χ1n) is 7.80. The van der Waals surface area contributed by atoms with Crippen LogP contribution in [0.15, 0.2) is 22.6 Å². The highest BCUT2D eigenvalue weighted by Crippen LogP contribution is 2.24. The van der Waals surface area contributed by atoms with Crippen LogP contribution in [0, 0.1) is 5.92 Å². The van der Waals surface area contributed by atoms with Crippen LogP contribution in [0.3, 0.4) is 0 Å². The molecule has 2 heterocycles. The maximum Gasteiger partial charge on any atom is 0.321 e. The summed E-state index contributed by atoms with van der Waals surface area (Å²) >= 11 is 0. The molecule has 2 N–H and O–H groups in total. The lowest BCUT2D eigenvalue weighted by Gasteiger charge is -2.30. The van der Waals surface area contributed by atoms with E-state index >= 15 is 0 Å². The summed E-state index contributed by atoms with van der Waals surface area (Å²) in [5.74, 6) is -1.35. The number of likely N-dealkylation sites (tertiary alicyclic amines) is 1. The van der Waals surface area contributed by atoms with Crippen molar-refractivity contribution in [3.05, 3.63) is 18.2 Å². The van der Waals surface area contributed by atoms with Crippen molar-refractivity contribution in [2.45, 2.75) is 12.8 Å². The van der Waals surface area contributed by atoms with Crippen molar-refractivity contribution >= 4 is 34.8 Å². The van der Waals surface area contributed by atoms with Crippen LogP contribution in [0.2, 0.25) is 0 Å². The number of fused-ring (bicyclic) bond motifs is 1. The van der Waals surface area contributed by atoms with Crippen LogP contribution < -0.4 is 10.2 Å². The highest BCUT2D eigenvalue weighted by atomic mass is 16.4. The van der Waals surface area contributed by atoms with Gasteiger partial charge < -0.3 is 24.6 Å². The van der Waals surface area contributed by atoms with E-state index in [9.17, 15) is 9.59 Å². The molecule has 3 rings (SSSR count). The number of amides is 2. The Labute approximate surface area is 139 Å². The first-order valence-corrected chi connectivity index (χ1v) is 7.80. The van der Waals surface area contributed by atoms with Gasteiger partial charge in [-0.15, -0.1) is 0 Å². The summed E-state index contributed by atoms with van der Waals surface area (Å²) in [6.45, 7) is 0.796. The summed E-state index contributed by atoms with van der Waals surface area (Å²) in [7, 11) is 3.67. The largest absolute Gasteiger partial charge is 0.481 e. The first-order chi connectivity index (χ1) is 11.4. The van der Waals surface area contributed by atoms with Crippen LogP contribution in [0.1, 0.15) is 12.8 Å². The highest BCUT2D eigenvalue weighted by Gasteiger charge is 2.28. The quantitative estimate of drug-likeness (QED) is 0.894. The second-order valence-corrected chi connectivity index (χ2v) is 6.13. The van der Waals surface area contributed by atoms with Gasteiger partial charge in [-0.3, -0.25) is 4.79 Å². The molecule has 8 nitrogen and oxygen atoms in total. The summed E-state index contributed by atoms with van der Waals surface area (Å²) in [5, 5.41) is 11.9. The van der Waals surface area contributed by atoms with Gasteiger partial charge in [0.2, 0.25) is 0 Å². The van der Waals surface area contributed by atoms with E-state index in [0.29, 0.717) is 42.2 Å². The van der Waals surface area contributed by atoms with Gasteiger partial charge in [0, 0.05) is 32.9 Å². The molecule has 0 spiro atoms. The van der Waals surface area contributed by atoms with E-state index in [4.69, 9.17) is 9.52 Å². The van der Waals surface area contributed by atoms with Gasteiger partial charge in [0.25, 0.3) is 6.01 Å². The number of aromatic nitrogens is 1. The Bertz CT molecular complexity index is 771. The van der Waals surface area contributed by atoms with Crippen molar-refractivity contribution in [1.29, 1.82) is 0 Å². The summed E-state index contributed by atoms with van der Waals surface area (Å²) in [6, 6.07) is 5.43. The number of carboxylic acid groups (broad SMARTS) is 1. The fourth-order valence-corrected chi connectivity index (χ4v) is 2.75. The standard InChI is InChI=1S/C16H20N4O4/c1-19(2)16-18-12-8-11(5-6-13(12)24-16)17-15(23)20-7-3-4-10(9-20)14(21)22/h5-6,8,10H,3-4,7,9H2,1-2H3,(H,17,23)(H,21,22). The van der Waals surface area contributed by atoms with E-state index in [1.54, 1.807) is 28.0 Å². The number of carbonyl (C=O) groups excluding carboxylic acids is 1. The van der Waals surface area contributed by atoms with Crippen molar-refractivity contribution in [3.63, 3.8) is 0 Å². The third-order valence-corrected chi connectivity index (χ3v) is 4.07. The average Bonchev–Trinajstić information content (AvgIpc) is 2.98. The molecule has 2 amide bonds. The summed E-state index contributed by atoms with van der Waals surface area (Å²) in [5.41, 5.74) is 1.89. The molecule has 0 radical (unpaired) electrons. The van der Waals surface area contributed by atoms with Gasteiger partial charge in [-0.05, 0) is 31.0 Å². The molecule has 0 bridgehead atoms. The molecule has 1 atom stereocenters. The predicted octanol–water partition coefficient (Wildman–Crippen LogP) is 2.22. The van der Waals surface area contributed by atoms with E-state index in [1.807, 2.05) is 14.1 Å². The van der Waals surface area contributed by atoms with Gasteiger partial charge in [-0.25, -0.2) is 4.79 Å². The van der Waals surface area contributed by atoms with Gasteiger partial charge in [0.05, 0.1) is 5.92 Å². The summed E-state index contributed by atoms with van der Waals surface area (Å²) < 4.78 is 5.57. The number of hydrogen-bond acceptors (Lipinski definition) is 5. The second kappa shape index (κ2) is 6.38. The molecule has 1 aliphatic rings. The van der Waals surface area contributed by atoms with Gasteiger partial charge in [-0.1, -0.05) is 0 Å². The Morgan fingerprint density at radius 2 is 2.21 bits per heavy atom. The zero-order valence-corrected chi connectivity index (χ0v) is 13.7. The third-order valence-electron chi connectivity index (χ3n) is 4.07. The summed E-state index contributed by atoms with van der Waals surface area (Å²) in [4.78, 5) is 31.1. The third kappa shape index (κ3) is 3.27. The van der Waals surface area contributed by atoms with Crippen molar-refractivity contribution in [2.24, 2.45) is 5.92 Å². The maximum absolute atomic E-state index is 12.4. The molecule has 1 saturated heterocycles. The normalized spacial score (nSPS) is 17.8. The number of rotatable bonds is 3. The topological polar surface area (TPSA) is 98.9 Å². The van der Waals surface area contributed by atoms with Gasteiger partial charge >= 0.3 is 12.0 Å². The Hall–Kier alpha value is -2.77. The van der Waals surface area contributed by atoms with Crippen LogP contribution >= 0.6 is 0 Å². The predicted molar refractivity (Wildman–Crippen MR) is 89.3 cm³/mol. The molecule has 1 fully saturated rings. The van der Waals surface area contributed by atoms with Crippen LogP contribution in [0.25, 0.3) is 11.1 Å². The molecule has 1 aromatic carbocycles. The zero-order chi connectivity index (χ0) is 17.3. The fraction of sp³-hybridized carbons (Fsp3) is 0.438. The number of aliphatic carboxylic acids is 1. The number of piperidine rings is 1. The lowest BCUT2D eigenvalue weighted by atomic mass is 9.99. The maximum atomic E-state index is 12.4. The smallest absolute Gasteiger partial charge is 0.321 e. The average molecular weight is 332 g/mol. The molecule has 0 saturated carbocycles. The van der Waals surface area contributed by atoms with E-state index < -0.39 is 11.9 Å². The molecule has 2 aromatic rings. The number of carbonyl (C=O) groups is 2. The lowest BCUT2D eigenvalue weighted by Crippen LogP contribution is -2.44. The van der Waals surface area contributed by atoms with Crippen molar-refractivity contribution in [3.8, 4) is 0 Å². The van der Waals surface area contributed by atoms with Crippen molar-refractivity contribution < 1.29 is 19.1 Å². The van der Waals surface area contributed by atoms with Crippen LogP contribution in [0.5, 0.6) is 0 Å². The van der Waals surface area contributed by atoms with Gasteiger partial charge in [0.1, 0.15) is 5.52 Å². The molecule has 8 heteroatoms. The minimum absolute atomic E-state index is 0.234. The number of benzene rings is 1. The number of urea groups is 1. The molecular formula is C16H20N4O4. The molecule has 1 unspecified atom stereocenters. The van der Waals surface area contributed by atoms with Crippen LogP contribution in [0.4, 0.5) is 16.5 Å². The Morgan fingerprint density at radius 1 is 1.42 bits per heavy atom. The number of carboxylic acids is 1.